The number of nitrogens with one attached hydrogen (secondary N) is 2. The molecular weight excluding hydrogens is 287 g/mol. The number of halogens is 3. The predicted molar refractivity (Wildman–Crippen MR) is 69.7 cm³/mol. The average molecular weight is 301 g/mol. The molecule has 2 heterocycles. The zero-order valence-corrected chi connectivity index (χ0v) is 11.2. The normalized spacial score (nSPS) is 11.4. The van der Waals surface area contributed by atoms with Gasteiger partial charge in [0.1, 0.15) is 5.82 Å². The van der Waals surface area contributed by atoms with Gasteiger partial charge in [-0.1, -0.05) is 5.21 Å². The maximum atomic E-state index is 12.8. The summed E-state index contributed by atoms with van der Waals surface area (Å²) >= 11 is 0. The van der Waals surface area contributed by atoms with E-state index >= 15 is 0 Å². The Morgan fingerprint density at radius 3 is 2.67 bits per heavy atom. The van der Waals surface area contributed by atoms with Crippen molar-refractivity contribution in [2.45, 2.75) is 19.6 Å². The Morgan fingerprint density at radius 2 is 2.05 bits per heavy atom. The summed E-state index contributed by atoms with van der Waals surface area (Å²) in [7, 11) is 0. The fourth-order valence-corrected chi connectivity index (χ4v) is 1.57. The molecule has 114 valence electrons. The fourth-order valence-electron chi connectivity index (χ4n) is 1.57. The van der Waals surface area contributed by atoms with Crippen LogP contribution in [0.4, 0.5) is 24.9 Å². The quantitative estimate of drug-likeness (QED) is 0.844. The molecule has 2 aromatic heterocycles. The molecule has 21 heavy (non-hydrogen) atoms. The Kier molecular flexibility index (Phi) is 4.55. The van der Waals surface area contributed by atoms with Crippen LogP contribution in [0.1, 0.15) is 12.6 Å². The zero-order chi connectivity index (χ0) is 15.3. The van der Waals surface area contributed by atoms with Gasteiger partial charge in [0.05, 0.1) is 12.7 Å². The molecule has 2 aromatic rings. The molecule has 0 atom stereocenters. The van der Waals surface area contributed by atoms with Gasteiger partial charge in [-0.2, -0.15) is 18.2 Å². The molecule has 0 unspecified atom stereocenters. The third kappa shape index (κ3) is 4.29. The van der Waals surface area contributed by atoms with Crippen molar-refractivity contribution in [1.82, 2.24) is 25.0 Å². The molecular formula is C11H14F3N7. The summed E-state index contributed by atoms with van der Waals surface area (Å²) < 4.78 is 39.9. The van der Waals surface area contributed by atoms with Crippen LogP contribution in [0.2, 0.25) is 0 Å². The minimum absolute atomic E-state index is 0.0596. The van der Waals surface area contributed by atoms with Gasteiger partial charge in [-0.05, 0) is 6.92 Å². The summed E-state index contributed by atoms with van der Waals surface area (Å²) in [5.41, 5.74) is -0.989. The van der Waals surface area contributed by atoms with Crippen molar-refractivity contribution in [1.29, 1.82) is 0 Å². The second-order valence-corrected chi connectivity index (χ2v) is 4.08. The molecule has 2 rings (SSSR count). The highest BCUT2D eigenvalue weighted by Gasteiger charge is 2.33. The van der Waals surface area contributed by atoms with E-state index in [2.05, 4.69) is 30.9 Å². The molecule has 7 nitrogen and oxygen atoms in total. The van der Waals surface area contributed by atoms with Gasteiger partial charge in [0.2, 0.25) is 5.95 Å². The molecule has 0 bridgehead atoms. The van der Waals surface area contributed by atoms with Crippen LogP contribution in [0, 0.1) is 0 Å². The van der Waals surface area contributed by atoms with E-state index < -0.39 is 11.9 Å². The van der Waals surface area contributed by atoms with Crippen LogP contribution in [0.5, 0.6) is 0 Å². The van der Waals surface area contributed by atoms with Crippen molar-refractivity contribution in [3.63, 3.8) is 0 Å². The van der Waals surface area contributed by atoms with Gasteiger partial charge in [0, 0.05) is 25.4 Å². The van der Waals surface area contributed by atoms with Crippen molar-refractivity contribution in [2.75, 3.05) is 23.7 Å². The van der Waals surface area contributed by atoms with Gasteiger partial charge in [0.25, 0.3) is 0 Å². The van der Waals surface area contributed by atoms with Gasteiger partial charge in [-0.3, -0.25) is 4.68 Å². The number of hydrogen-bond acceptors (Lipinski definition) is 6. The lowest BCUT2D eigenvalue weighted by Crippen LogP contribution is -2.16. The van der Waals surface area contributed by atoms with E-state index in [1.54, 1.807) is 17.8 Å². The van der Waals surface area contributed by atoms with Crippen LogP contribution in [0.15, 0.2) is 18.5 Å². The van der Waals surface area contributed by atoms with Crippen LogP contribution in [-0.4, -0.2) is 38.1 Å². The minimum atomic E-state index is -4.52. The Labute approximate surface area is 118 Å². The number of aromatic nitrogens is 5. The lowest BCUT2D eigenvalue weighted by atomic mass is 10.3. The summed E-state index contributed by atoms with van der Waals surface area (Å²) in [5.74, 6) is 0.0453. The molecule has 2 N–H and O–H groups in total. The van der Waals surface area contributed by atoms with E-state index in [0.29, 0.717) is 19.6 Å². The third-order valence-corrected chi connectivity index (χ3v) is 2.47. The topological polar surface area (TPSA) is 80.5 Å². The molecule has 0 saturated heterocycles. The number of rotatable bonds is 6. The van der Waals surface area contributed by atoms with E-state index in [4.69, 9.17) is 0 Å². The maximum absolute atomic E-state index is 12.8. The highest BCUT2D eigenvalue weighted by Crippen LogP contribution is 2.29. The van der Waals surface area contributed by atoms with Crippen LogP contribution < -0.4 is 10.6 Å². The second-order valence-electron chi connectivity index (χ2n) is 4.08. The van der Waals surface area contributed by atoms with Gasteiger partial charge in [-0.15, -0.1) is 5.10 Å². The Morgan fingerprint density at radius 1 is 1.24 bits per heavy atom. The first-order chi connectivity index (χ1) is 9.99. The van der Waals surface area contributed by atoms with Gasteiger partial charge in [-0.25, -0.2) is 4.98 Å². The molecule has 0 fully saturated rings. The standard InChI is InChI=1S/C11H14F3N7/c1-2-15-10-18-8(11(12,13)14)7-9(19-10)16-3-5-21-6-4-17-20-21/h4,6-7H,2-3,5H2,1H3,(H2,15,16,18,19). The zero-order valence-electron chi connectivity index (χ0n) is 11.2. The Bertz CT molecular complexity index is 568. The molecule has 0 aliphatic heterocycles. The van der Waals surface area contributed by atoms with E-state index in [0.717, 1.165) is 6.07 Å². The van der Waals surface area contributed by atoms with E-state index in [1.807, 2.05) is 0 Å². The predicted octanol–water partition coefficient (Wildman–Crippen LogP) is 1.63. The highest BCUT2D eigenvalue weighted by atomic mass is 19.4. The third-order valence-electron chi connectivity index (χ3n) is 2.47. The summed E-state index contributed by atoms with van der Waals surface area (Å²) in [6.45, 7) is 3.01. The molecule has 0 aromatic carbocycles. The van der Waals surface area contributed by atoms with Crippen molar-refractivity contribution >= 4 is 11.8 Å². The molecule has 0 radical (unpaired) electrons. The van der Waals surface area contributed by atoms with Gasteiger partial charge >= 0.3 is 6.18 Å². The van der Waals surface area contributed by atoms with Crippen LogP contribution in [0.25, 0.3) is 0 Å². The van der Waals surface area contributed by atoms with E-state index in [-0.39, 0.29) is 11.8 Å². The van der Waals surface area contributed by atoms with Crippen LogP contribution >= 0.6 is 0 Å². The summed E-state index contributed by atoms with van der Waals surface area (Å²) in [6.07, 6.45) is -1.34. The van der Waals surface area contributed by atoms with Crippen LogP contribution in [0.3, 0.4) is 0 Å². The van der Waals surface area contributed by atoms with Gasteiger partial charge in [0.15, 0.2) is 5.69 Å². The maximum Gasteiger partial charge on any atom is 0.433 e. The molecule has 0 saturated carbocycles. The fraction of sp³-hybridized carbons (Fsp3) is 0.455. The minimum Gasteiger partial charge on any atom is -0.368 e. The summed E-state index contributed by atoms with van der Waals surface area (Å²) in [4.78, 5) is 7.41. The average Bonchev–Trinajstić information content (AvgIpc) is 2.91. The number of nitrogens with zero attached hydrogens (tertiary/aromatic N) is 5. The highest BCUT2D eigenvalue weighted by molar-refractivity contribution is 5.43. The van der Waals surface area contributed by atoms with Gasteiger partial charge < -0.3 is 10.6 Å². The molecule has 0 aliphatic rings. The molecule has 0 amide bonds. The molecule has 10 heteroatoms. The van der Waals surface area contributed by atoms with Crippen LogP contribution in [-0.2, 0) is 12.7 Å². The Hall–Kier alpha value is -2.39. The number of alkyl halides is 3. The lowest BCUT2D eigenvalue weighted by Gasteiger charge is -2.12. The number of hydrogen-bond donors (Lipinski definition) is 2. The van der Waals surface area contributed by atoms with Crippen molar-refractivity contribution in [2.24, 2.45) is 0 Å². The van der Waals surface area contributed by atoms with Crippen molar-refractivity contribution < 1.29 is 13.2 Å². The molecule has 0 spiro atoms. The largest absolute Gasteiger partial charge is 0.433 e. The van der Waals surface area contributed by atoms with Crippen molar-refractivity contribution in [3.05, 3.63) is 24.2 Å². The number of anilines is 2. The second kappa shape index (κ2) is 6.37. The SMILES string of the molecule is CCNc1nc(NCCn2ccnn2)cc(C(F)(F)F)n1. The van der Waals surface area contributed by atoms with Crippen molar-refractivity contribution in [3.8, 4) is 0 Å². The first-order valence-electron chi connectivity index (χ1n) is 6.27. The lowest BCUT2D eigenvalue weighted by molar-refractivity contribution is -0.141. The first-order valence-corrected chi connectivity index (χ1v) is 6.27. The monoisotopic (exact) mass is 301 g/mol. The molecule has 0 aliphatic carbocycles. The van der Waals surface area contributed by atoms with E-state index in [9.17, 15) is 13.2 Å². The first kappa shape index (κ1) is 15.0. The smallest absolute Gasteiger partial charge is 0.368 e. The van der Waals surface area contributed by atoms with E-state index in [1.165, 1.54) is 6.20 Å². The summed E-state index contributed by atoms with van der Waals surface area (Å²) in [5, 5.41) is 12.9. The summed E-state index contributed by atoms with van der Waals surface area (Å²) in [6, 6.07) is 0.877. The Balaban J connectivity index is 2.08.